The minimum absolute atomic E-state index is 0.202. The van der Waals surface area contributed by atoms with Gasteiger partial charge in [0.05, 0.1) is 24.9 Å². The van der Waals surface area contributed by atoms with Crippen molar-refractivity contribution in [3.05, 3.63) is 35.9 Å². The molecule has 0 spiro atoms. The zero-order valence-electron chi connectivity index (χ0n) is 15.3. The molecule has 0 bridgehead atoms. The van der Waals surface area contributed by atoms with Crippen LogP contribution in [-0.2, 0) is 20.9 Å². The van der Waals surface area contributed by atoms with Gasteiger partial charge in [-0.15, -0.1) is 0 Å². The van der Waals surface area contributed by atoms with E-state index in [1.807, 2.05) is 44.2 Å². The van der Waals surface area contributed by atoms with Crippen molar-refractivity contribution >= 4 is 5.91 Å². The molecule has 2 rings (SSSR count). The third kappa shape index (κ3) is 4.78. The van der Waals surface area contributed by atoms with Crippen molar-refractivity contribution < 1.29 is 28.2 Å². The number of ether oxygens (including phenoxy) is 2. The van der Waals surface area contributed by atoms with Gasteiger partial charge >= 0.3 is 0 Å². The fraction of sp³-hybridized carbons (Fsp3) is 0.632. The van der Waals surface area contributed by atoms with Crippen molar-refractivity contribution in [3.63, 3.8) is 0 Å². The summed E-state index contributed by atoms with van der Waals surface area (Å²) in [5.74, 6) is -4.14. The van der Waals surface area contributed by atoms with E-state index in [0.29, 0.717) is 6.42 Å². The highest BCUT2D eigenvalue weighted by atomic mass is 19.3. The molecule has 1 aliphatic heterocycles. The van der Waals surface area contributed by atoms with Crippen LogP contribution in [0.2, 0.25) is 0 Å². The molecule has 1 aromatic carbocycles. The van der Waals surface area contributed by atoms with Crippen LogP contribution in [0.3, 0.4) is 0 Å². The lowest BCUT2D eigenvalue weighted by Gasteiger charge is -2.47. The average Bonchev–Trinajstić information content (AvgIpc) is 2.61. The Morgan fingerprint density at radius 1 is 1.35 bits per heavy atom. The molecule has 146 valence electrons. The van der Waals surface area contributed by atoms with Gasteiger partial charge in [-0.3, -0.25) is 4.79 Å². The number of rotatable bonds is 7. The van der Waals surface area contributed by atoms with Gasteiger partial charge in [0.15, 0.2) is 0 Å². The molecule has 1 heterocycles. The maximum absolute atomic E-state index is 14.3. The molecule has 1 aromatic rings. The average molecular weight is 371 g/mol. The molecule has 5 nitrogen and oxygen atoms in total. The van der Waals surface area contributed by atoms with Crippen molar-refractivity contribution in [2.24, 2.45) is 5.92 Å². The van der Waals surface area contributed by atoms with E-state index in [2.05, 4.69) is 5.32 Å². The topological polar surface area (TPSA) is 67.8 Å². The Morgan fingerprint density at radius 3 is 2.54 bits per heavy atom. The summed E-state index contributed by atoms with van der Waals surface area (Å²) in [5.41, 5.74) is 0.909. The highest BCUT2D eigenvalue weighted by Gasteiger charge is 2.54. The summed E-state index contributed by atoms with van der Waals surface area (Å²) in [7, 11) is 0. The maximum Gasteiger partial charge on any atom is 0.298 e. The lowest BCUT2D eigenvalue weighted by Crippen LogP contribution is -2.66. The van der Waals surface area contributed by atoms with Crippen LogP contribution < -0.4 is 5.32 Å². The molecule has 1 fully saturated rings. The van der Waals surface area contributed by atoms with Crippen LogP contribution in [0.4, 0.5) is 8.78 Å². The zero-order chi connectivity index (χ0) is 19.3. The van der Waals surface area contributed by atoms with E-state index >= 15 is 0 Å². The van der Waals surface area contributed by atoms with Crippen LogP contribution in [0.1, 0.15) is 32.8 Å². The van der Waals surface area contributed by atoms with Crippen LogP contribution in [0.15, 0.2) is 30.3 Å². The van der Waals surface area contributed by atoms with Gasteiger partial charge in [-0.25, -0.2) is 8.78 Å². The second-order valence-corrected chi connectivity index (χ2v) is 6.77. The molecule has 1 aliphatic rings. The van der Waals surface area contributed by atoms with Crippen molar-refractivity contribution in [1.82, 2.24) is 5.32 Å². The molecule has 0 aliphatic carbocycles. The van der Waals surface area contributed by atoms with Gasteiger partial charge in [0.2, 0.25) is 5.91 Å². The Labute approximate surface area is 152 Å². The first kappa shape index (κ1) is 20.7. The number of carbonyl (C=O) groups excluding carboxylic acids is 1. The van der Waals surface area contributed by atoms with E-state index in [0.717, 1.165) is 5.56 Å². The molecule has 26 heavy (non-hydrogen) atoms. The minimum atomic E-state index is -3.49. The van der Waals surface area contributed by atoms with E-state index in [4.69, 9.17) is 14.6 Å². The lowest BCUT2D eigenvalue weighted by atomic mass is 9.83. The van der Waals surface area contributed by atoms with Crippen molar-refractivity contribution in [2.75, 3.05) is 6.61 Å². The van der Waals surface area contributed by atoms with Crippen molar-refractivity contribution in [2.45, 2.75) is 64.1 Å². The number of halogens is 2. The van der Waals surface area contributed by atoms with Gasteiger partial charge in [0.25, 0.3) is 5.92 Å². The van der Waals surface area contributed by atoms with Crippen molar-refractivity contribution in [3.8, 4) is 0 Å². The first-order chi connectivity index (χ1) is 12.3. The number of benzene rings is 1. The van der Waals surface area contributed by atoms with Crippen LogP contribution in [0, 0.1) is 5.92 Å². The number of amides is 1. The van der Waals surface area contributed by atoms with E-state index in [-0.39, 0.29) is 12.5 Å². The molecular formula is C19H27F2NO4. The number of carbonyl (C=O) groups is 1. The number of aliphatic hydroxyl groups is 1. The summed E-state index contributed by atoms with van der Waals surface area (Å²) < 4.78 is 40.2. The number of aliphatic hydroxyl groups excluding tert-OH is 1. The molecule has 1 saturated heterocycles. The summed E-state index contributed by atoms with van der Waals surface area (Å²) in [5, 5.41) is 11.7. The van der Waals surface area contributed by atoms with E-state index in [1.54, 1.807) is 0 Å². The maximum atomic E-state index is 14.3. The van der Waals surface area contributed by atoms with Crippen LogP contribution >= 0.6 is 0 Å². The monoisotopic (exact) mass is 371 g/mol. The smallest absolute Gasteiger partial charge is 0.298 e. The Kier molecular flexibility index (Phi) is 7.08. The van der Waals surface area contributed by atoms with Gasteiger partial charge in [0, 0.05) is 12.8 Å². The normalized spacial score (nSPS) is 29.4. The fourth-order valence-corrected chi connectivity index (χ4v) is 3.44. The second kappa shape index (κ2) is 8.88. The summed E-state index contributed by atoms with van der Waals surface area (Å²) in [6.45, 7) is 3.86. The first-order valence-electron chi connectivity index (χ1n) is 8.87. The van der Waals surface area contributed by atoms with Crippen LogP contribution in [0.5, 0.6) is 0 Å². The number of hydrogen-bond donors (Lipinski definition) is 2. The molecular weight excluding hydrogens is 344 g/mol. The molecule has 7 heteroatoms. The molecule has 2 N–H and O–H groups in total. The minimum Gasteiger partial charge on any atom is -0.390 e. The Bertz CT molecular complexity index is 584. The van der Waals surface area contributed by atoms with Crippen molar-refractivity contribution in [1.29, 1.82) is 0 Å². The molecule has 5 atom stereocenters. The van der Waals surface area contributed by atoms with Gasteiger partial charge < -0.3 is 19.9 Å². The van der Waals surface area contributed by atoms with E-state index < -0.39 is 42.8 Å². The lowest BCUT2D eigenvalue weighted by molar-refractivity contribution is -0.246. The molecule has 0 radical (unpaired) electrons. The summed E-state index contributed by atoms with van der Waals surface area (Å²) in [4.78, 5) is 11.6. The molecule has 0 unspecified atom stereocenters. The van der Waals surface area contributed by atoms with Crippen LogP contribution in [-0.4, -0.2) is 47.9 Å². The predicted octanol–water partition coefficient (Wildman–Crippen LogP) is 2.52. The predicted molar refractivity (Wildman–Crippen MR) is 92.8 cm³/mol. The first-order valence-corrected chi connectivity index (χ1v) is 8.87. The zero-order valence-corrected chi connectivity index (χ0v) is 15.3. The van der Waals surface area contributed by atoms with Crippen LogP contribution in [0.25, 0.3) is 0 Å². The van der Waals surface area contributed by atoms with E-state index in [1.165, 1.54) is 6.92 Å². The summed E-state index contributed by atoms with van der Waals surface area (Å²) in [6, 6.07) is 8.33. The van der Waals surface area contributed by atoms with Gasteiger partial charge in [0.1, 0.15) is 12.7 Å². The second-order valence-electron chi connectivity index (χ2n) is 6.77. The highest BCUT2D eigenvalue weighted by Crippen LogP contribution is 2.37. The molecule has 1 amide bonds. The summed E-state index contributed by atoms with van der Waals surface area (Å²) >= 11 is 0. The molecule has 0 aromatic heterocycles. The fourth-order valence-electron chi connectivity index (χ4n) is 3.44. The number of nitrogens with one attached hydrogen (secondary N) is 1. The number of alkyl halides is 2. The Balaban J connectivity index is 2.28. The van der Waals surface area contributed by atoms with Gasteiger partial charge in [-0.05, 0) is 12.0 Å². The Hall–Kier alpha value is -1.57. The Morgan fingerprint density at radius 2 is 2.00 bits per heavy atom. The third-order valence-corrected chi connectivity index (χ3v) is 4.79. The number of hydrogen-bond acceptors (Lipinski definition) is 4. The quantitative estimate of drug-likeness (QED) is 0.773. The standard InChI is InChI=1S/C19H27F2NO4/c1-4-15-12(2)17(25-10-14-8-6-5-7-9-14)16(22-13(3)24)18(26-15)19(20,21)11-23/h5-9,12,15-18,23H,4,10-11H2,1-3H3,(H,22,24)/t12-,15+,16+,17-,18-/m0/s1. The van der Waals surface area contributed by atoms with Gasteiger partial charge in [-0.1, -0.05) is 44.2 Å². The SMILES string of the molecule is CC[C@H]1O[C@H](C(F)(F)CO)[C@H](NC(C)=O)[C@@H](OCc2ccccc2)[C@H]1C. The third-order valence-electron chi connectivity index (χ3n) is 4.79. The van der Waals surface area contributed by atoms with Gasteiger partial charge in [-0.2, -0.15) is 0 Å². The van der Waals surface area contributed by atoms with E-state index in [9.17, 15) is 13.6 Å². The largest absolute Gasteiger partial charge is 0.390 e. The molecule has 0 saturated carbocycles. The summed E-state index contributed by atoms with van der Waals surface area (Å²) in [6.07, 6.45) is -2.25. The highest BCUT2D eigenvalue weighted by molar-refractivity contribution is 5.73.